The quantitative estimate of drug-likeness (QED) is 0.813. The third-order valence-electron chi connectivity index (χ3n) is 3.14. The number of thioether (sulfide) groups is 1. The Morgan fingerprint density at radius 3 is 2.37 bits per heavy atom. The van der Waals surface area contributed by atoms with E-state index >= 15 is 0 Å². The van der Waals surface area contributed by atoms with Gasteiger partial charge in [-0.15, -0.1) is 11.8 Å². The smallest absolute Gasteiger partial charge is 0.121 e. The van der Waals surface area contributed by atoms with Crippen LogP contribution in [-0.4, -0.2) is 11.4 Å². The molecule has 0 bridgehead atoms. The molecule has 0 aromatic heterocycles. The van der Waals surface area contributed by atoms with E-state index in [9.17, 15) is 5.11 Å². The van der Waals surface area contributed by atoms with E-state index in [4.69, 9.17) is 0 Å². The molecule has 19 heavy (non-hydrogen) atoms. The van der Waals surface area contributed by atoms with Crippen LogP contribution in [0.2, 0.25) is 0 Å². The Kier molecular flexibility index (Phi) is 4.38. The predicted molar refractivity (Wildman–Crippen MR) is 83.1 cm³/mol. The Labute approximate surface area is 118 Å². The number of aromatic hydroxyl groups is 1. The molecule has 2 N–H and O–H groups in total. The first-order valence-corrected chi connectivity index (χ1v) is 7.50. The summed E-state index contributed by atoms with van der Waals surface area (Å²) in [5, 5.41) is 13.2. The third-order valence-corrected chi connectivity index (χ3v) is 3.94. The van der Waals surface area contributed by atoms with Gasteiger partial charge in [-0.05, 0) is 48.9 Å². The number of para-hydroxylation sites is 1. The van der Waals surface area contributed by atoms with Gasteiger partial charge in [0.1, 0.15) is 5.75 Å². The Hall–Kier alpha value is -1.61. The first-order valence-electron chi connectivity index (χ1n) is 6.28. The zero-order valence-corrected chi connectivity index (χ0v) is 12.3. The molecule has 2 aromatic rings. The van der Waals surface area contributed by atoms with Crippen LogP contribution in [-0.2, 0) is 6.54 Å². The van der Waals surface area contributed by atoms with Crippen LogP contribution >= 0.6 is 11.8 Å². The van der Waals surface area contributed by atoms with Gasteiger partial charge < -0.3 is 10.4 Å². The second-order valence-electron chi connectivity index (χ2n) is 4.63. The number of hydrogen-bond acceptors (Lipinski definition) is 3. The molecule has 0 saturated heterocycles. The normalized spacial score (nSPS) is 10.5. The highest BCUT2D eigenvalue weighted by atomic mass is 32.2. The Morgan fingerprint density at radius 2 is 1.74 bits per heavy atom. The van der Waals surface area contributed by atoms with E-state index in [0.717, 1.165) is 23.4 Å². The van der Waals surface area contributed by atoms with Crippen molar-refractivity contribution in [2.75, 3.05) is 11.6 Å². The lowest BCUT2D eigenvalue weighted by Crippen LogP contribution is -2.01. The fourth-order valence-electron chi connectivity index (χ4n) is 2.14. The lowest BCUT2D eigenvalue weighted by molar-refractivity contribution is 0.466. The standard InChI is InChI=1S/C16H19NOS/c1-11-8-13(9-12(2)16(11)18)10-17-14-6-4-5-7-15(14)19-3/h4-9,17-18H,10H2,1-3H3. The predicted octanol–water partition coefficient (Wildman–Crippen LogP) is 4.34. The lowest BCUT2D eigenvalue weighted by atomic mass is 10.1. The average molecular weight is 273 g/mol. The molecule has 0 aliphatic rings. The van der Waals surface area contributed by atoms with Gasteiger partial charge in [-0.3, -0.25) is 0 Å². The van der Waals surface area contributed by atoms with Crippen molar-refractivity contribution in [3.63, 3.8) is 0 Å². The second-order valence-corrected chi connectivity index (χ2v) is 5.48. The van der Waals surface area contributed by atoms with Crippen LogP contribution in [0.15, 0.2) is 41.3 Å². The van der Waals surface area contributed by atoms with Crippen LogP contribution in [0.3, 0.4) is 0 Å². The van der Waals surface area contributed by atoms with Gasteiger partial charge in [-0.2, -0.15) is 0 Å². The van der Waals surface area contributed by atoms with Crippen molar-refractivity contribution in [1.82, 2.24) is 0 Å². The van der Waals surface area contributed by atoms with Crippen molar-refractivity contribution in [3.8, 4) is 5.75 Å². The Morgan fingerprint density at radius 1 is 1.11 bits per heavy atom. The molecule has 3 heteroatoms. The number of benzene rings is 2. The molecule has 0 atom stereocenters. The zero-order valence-electron chi connectivity index (χ0n) is 11.5. The van der Waals surface area contributed by atoms with Crippen LogP contribution < -0.4 is 5.32 Å². The molecular formula is C16H19NOS. The van der Waals surface area contributed by atoms with Crippen LogP contribution in [0.25, 0.3) is 0 Å². The molecule has 2 aromatic carbocycles. The molecule has 0 aliphatic heterocycles. The molecule has 0 spiro atoms. The topological polar surface area (TPSA) is 32.3 Å². The fourth-order valence-corrected chi connectivity index (χ4v) is 2.71. The molecular weight excluding hydrogens is 254 g/mol. The molecule has 0 heterocycles. The first-order chi connectivity index (χ1) is 9.11. The van der Waals surface area contributed by atoms with Crippen molar-refractivity contribution >= 4 is 17.4 Å². The molecule has 0 radical (unpaired) electrons. The number of rotatable bonds is 4. The van der Waals surface area contributed by atoms with Crippen molar-refractivity contribution < 1.29 is 5.11 Å². The van der Waals surface area contributed by atoms with Crippen molar-refractivity contribution in [1.29, 1.82) is 0 Å². The molecule has 0 amide bonds. The SMILES string of the molecule is CSc1ccccc1NCc1cc(C)c(O)c(C)c1. The minimum absolute atomic E-state index is 0.397. The van der Waals surface area contributed by atoms with E-state index < -0.39 is 0 Å². The van der Waals surface area contributed by atoms with Gasteiger partial charge in [0.05, 0.1) is 0 Å². The maximum atomic E-state index is 9.77. The summed E-state index contributed by atoms with van der Waals surface area (Å²) < 4.78 is 0. The van der Waals surface area contributed by atoms with E-state index in [-0.39, 0.29) is 0 Å². The Balaban J connectivity index is 2.15. The summed E-state index contributed by atoms with van der Waals surface area (Å²) in [6, 6.07) is 12.3. The van der Waals surface area contributed by atoms with E-state index in [0.29, 0.717) is 5.75 Å². The van der Waals surface area contributed by atoms with E-state index in [1.165, 1.54) is 10.5 Å². The Bertz CT molecular complexity index is 558. The summed E-state index contributed by atoms with van der Waals surface area (Å²) in [4.78, 5) is 1.25. The number of nitrogens with one attached hydrogen (secondary N) is 1. The molecule has 2 nitrogen and oxygen atoms in total. The summed E-state index contributed by atoms with van der Waals surface area (Å²) in [5.41, 5.74) is 4.19. The van der Waals surface area contributed by atoms with E-state index in [2.05, 4.69) is 23.7 Å². The summed E-state index contributed by atoms with van der Waals surface area (Å²) in [6.45, 7) is 4.63. The molecule has 0 aliphatic carbocycles. The van der Waals surface area contributed by atoms with Gasteiger partial charge >= 0.3 is 0 Å². The highest BCUT2D eigenvalue weighted by Gasteiger charge is 2.04. The average Bonchev–Trinajstić information content (AvgIpc) is 2.42. The van der Waals surface area contributed by atoms with Crippen molar-refractivity contribution in [2.24, 2.45) is 0 Å². The lowest BCUT2D eigenvalue weighted by Gasteiger charge is -2.12. The van der Waals surface area contributed by atoms with E-state index in [1.807, 2.05) is 38.1 Å². The fraction of sp³-hybridized carbons (Fsp3) is 0.250. The van der Waals surface area contributed by atoms with Crippen LogP contribution in [0.1, 0.15) is 16.7 Å². The zero-order chi connectivity index (χ0) is 13.8. The van der Waals surface area contributed by atoms with Gasteiger partial charge in [0.15, 0.2) is 0 Å². The van der Waals surface area contributed by atoms with Gasteiger partial charge in [0, 0.05) is 17.1 Å². The molecule has 0 fully saturated rings. The first kappa shape index (κ1) is 13.8. The second kappa shape index (κ2) is 6.02. The van der Waals surface area contributed by atoms with Gasteiger partial charge in [0.25, 0.3) is 0 Å². The highest BCUT2D eigenvalue weighted by Crippen LogP contribution is 2.26. The van der Waals surface area contributed by atoms with Gasteiger partial charge in [-0.1, -0.05) is 24.3 Å². The monoisotopic (exact) mass is 273 g/mol. The number of hydrogen-bond donors (Lipinski definition) is 2. The van der Waals surface area contributed by atoms with Crippen LogP contribution in [0, 0.1) is 13.8 Å². The summed E-state index contributed by atoms with van der Waals surface area (Å²) >= 11 is 1.74. The van der Waals surface area contributed by atoms with Crippen LogP contribution in [0.5, 0.6) is 5.75 Å². The number of anilines is 1. The molecule has 0 saturated carbocycles. The maximum Gasteiger partial charge on any atom is 0.121 e. The van der Waals surface area contributed by atoms with E-state index in [1.54, 1.807) is 11.8 Å². The van der Waals surface area contributed by atoms with Crippen molar-refractivity contribution in [3.05, 3.63) is 53.1 Å². The number of phenolic OH excluding ortho intramolecular Hbond substituents is 1. The third kappa shape index (κ3) is 3.24. The highest BCUT2D eigenvalue weighted by molar-refractivity contribution is 7.98. The minimum atomic E-state index is 0.397. The summed E-state index contributed by atoms with van der Waals surface area (Å²) in [6.07, 6.45) is 2.08. The van der Waals surface area contributed by atoms with Gasteiger partial charge in [0.2, 0.25) is 0 Å². The number of aryl methyl sites for hydroxylation is 2. The minimum Gasteiger partial charge on any atom is -0.507 e. The summed E-state index contributed by atoms with van der Waals surface area (Å²) in [5.74, 6) is 0.397. The molecule has 0 unspecified atom stereocenters. The van der Waals surface area contributed by atoms with Crippen LogP contribution in [0.4, 0.5) is 5.69 Å². The largest absolute Gasteiger partial charge is 0.507 e. The summed E-state index contributed by atoms with van der Waals surface area (Å²) in [7, 11) is 0. The molecule has 100 valence electrons. The number of phenols is 1. The van der Waals surface area contributed by atoms with Gasteiger partial charge in [-0.25, -0.2) is 0 Å². The maximum absolute atomic E-state index is 9.77. The van der Waals surface area contributed by atoms with Crippen molar-refractivity contribution in [2.45, 2.75) is 25.3 Å². The molecule has 2 rings (SSSR count).